The maximum Gasteiger partial charge on any atom is 0.252 e. The minimum Gasteiger partial charge on any atom is -0.368 e. The lowest BCUT2D eigenvalue weighted by atomic mass is 10.2. The highest BCUT2D eigenvalue weighted by Crippen LogP contribution is 2.08. The molecule has 0 aliphatic heterocycles. The largest absolute Gasteiger partial charge is 0.368 e. The van der Waals surface area contributed by atoms with Crippen molar-refractivity contribution in [2.75, 3.05) is 11.9 Å². The fourth-order valence-electron chi connectivity index (χ4n) is 1.49. The van der Waals surface area contributed by atoms with Crippen LogP contribution in [0.2, 0.25) is 0 Å². The third kappa shape index (κ3) is 3.16. The van der Waals surface area contributed by atoms with E-state index < -0.39 is 0 Å². The second-order valence-corrected chi connectivity index (χ2v) is 4.26. The minimum atomic E-state index is -0.142. The molecule has 0 saturated carbocycles. The number of hydrogen-bond donors (Lipinski definition) is 2. The average molecular weight is 248 g/mol. The van der Waals surface area contributed by atoms with Crippen molar-refractivity contribution in [1.82, 2.24) is 25.0 Å². The van der Waals surface area contributed by atoms with Crippen LogP contribution >= 0.6 is 0 Å². The normalized spacial score (nSPS) is 10.8. The first-order chi connectivity index (χ1) is 8.65. The molecule has 7 nitrogen and oxygen atoms in total. The molecule has 0 radical (unpaired) electrons. The lowest BCUT2D eigenvalue weighted by Gasteiger charge is -2.08. The zero-order chi connectivity index (χ0) is 13.0. The van der Waals surface area contributed by atoms with Crippen LogP contribution in [0.15, 0.2) is 23.3 Å². The number of nitrogens with one attached hydrogen (secondary N) is 2. The first kappa shape index (κ1) is 12.3. The molecule has 2 rings (SSSR count). The summed E-state index contributed by atoms with van der Waals surface area (Å²) >= 11 is 0. The number of anilines is 1. The first-order valence-electron chi connectivity index (χ1n) is 5.84. The third-order valence-corrected chi connectivity index (χ3v) is 2.43. The monoisotopic (exact) mass is 248 g/mol. The van der Waals surface area contributed by atoms with E-state index in [9.17, 15) is 4.79 Å². The van der Waals surface area contributed by atoms with Gasteiger partial charge in [0.05, 0.1) is 12.7 Å². The molecule has 0 aromatic carbocycles. The number of aromatic amines is 1. The standard InChI is InChI=1S/C11H16N6O/c1-8(2)11-14-9(7-10(18)15-11)12-3-5-17-6-4-13-16-17/h4,6-8H,3,5H2,1-2H3,(H2,12,14,15,18). The Morgan fingerprint density at radius 1 is 1.50 bits per heavy atom. The van der Waals surface area contributed by atoms with Crippen molar-refractivity contribution < 1.29 is 0 Å². The molecule has 0 bridgehead atoms. The van der Waals surface area contributed by atoms with Crippen molar-refractivity contribution in [3.05, 3.63) is 34.6 Å². The Hall–Kier alpha value is -2.18. The van der Waals surface area contributed by atoms with Crippen molar-refractivity contribution in [1.29, 1.82) is 0 Å². The fourth-order valence-corrected chi connectivity index (χ4v) is 1.49. The van der Waals surface area contributed by atoms with Crippen LogP contribution in [0.4, 0.5) is 5.82 Å². The van der Waals surface area contributed by atoms with E-state index in [1.165, 1.54) is 6.07 Å². The van der Waals surface area contributed by atoms with Crippen molar-refractivity contribution in [3.63, 3.8) is 0 Å². The summed E-state index contributed by atoms with van der Waals surface area (Å²) in [6.45, 7) is 5.28. The van der Waals surface area contributed by atoms with Crippen LogP contribution in [0.25, 0.3) is 0 Å². The van der Waals surface area contributed by atoms with Crippen molar-refractivity contribution in [2.24, 2.45) is 0 Å². The second-order valence-electron chi connectivity index (χ2n) is 4.26. The van der Waals surface area contributed by atoms with E-state index in [0.29, 0.717) is 24.7 Å². The zero-order valence-electron chi connectivity index (χ0n) is 10.4. The van der Waals surface area contributed by atoms with Gasteiger partial charge in [0.25, 0.3) is 5.56 Å². The molecule has 0 fully saturated rings. The number of aromatic nitrogens is 5. The Morgan fingerprint density at radius 3 is 3.00 bits per heavy atom. The Labute approximate surface area is 104 Å². The third-order valence-electron chi connectivity index (χ3n) is 2.43. The average Bonchev–Trinajstić information content (AvgIpc) is 2.81. The van der Waals surface area contributed by atoms with Gasteiger partial charge in [0.15, 0.2) is 0 Å². The van der Waals surface area contributed by atoms with Crippen LogP contribution in [-0.4, -0.2) is 31.5 Å². The highest BCUT2D eigenvalue weighted by atomic mass is 16.1. The Balaban J connectivity index is 1.98. The van der Waals surface area contributed by atoms with E-state index in [1.54, 1.807) is 17.1 Å². The maximum atomic E-state index is 11.4. The molecule has 0 amide bonds. The van der Waals surface area contributed by atoms with E-state index in [-0.39, 0.29) is 11.5 Å². The molecule has 2 aromatic rings. The van der Waals surface area contributed by atoms with Gasteiger partial charge in [0.2, 0.25) is 0 Å². The fraction of sp³-hybridized carbons (Fsp3) is 0.455. The van der Waals surface area contributed by atoms with Gasteiger partial charge < -0.3 is 10.3 Å². The molecule has 0 aliphatic rings. The van der Waals surface area contributed by atoms with Crippen molar-refractivity contribution >= 4 is 5.82 Å². The highest BCUT2D eigenvalue weighted by Gasteiger charge is 2.04. The second kappa shape index (κ2) is 5.44. The number of hydrogen-bond acceptors (Lipinski definition) is 5. The van der Waals surface area contributed by atoms with E-state index in [2.05, 4.69) is 25.6 Å². The summed E-state index contributed by atoms with van der Waals surface area (Å²) in [4.78, 5) is 18.5. The van der Waals surface area contributed by atoms with E-state index >= 15 is 0 Å². The van der Waals surface area contributed by atoms with E-state index in [4.69, 9.17) is 0 Å². The summed E-state index contributed by atoms with van der Waals surface area (Å²) < 4.78 is 1.71. The molecule has 0 unspecified atom stereocenters. The molecule has 7 heteroatoms. The lowest BCUT2D eigenvalue weighted by molar-refractivity contribution is 0.607. The topological polar surface area (TPSA) is 88.5 Å². The van der Waals surface area contributed by atoms with Crippen molar-refractivity contribution in [3.8, 4) is 0 Å². The summed E-state index contributed by atoms with van der Waals surface area (Å²) in [7, 11) is 0. The quantitative estimate of drug-likeness (QED) is 0.808. The predicted molar refractivity (Wildman–Crippen MR) is 67.5 cm³/mol. The van der Waals surface area contributed by atoms with Gasteiger partial charge in [-0.3, -0.25) is 9.48 Å². The molecular formula is C11H16N6O. The molecule has 0 atom stereocenters. The van der Waals surface area contributed by atoms with Gasteiger partial charge in [0, 0.05) is 24.7 Å². The highest BCUT2D eigenvalue weighted by molar-refractivity contribution is 5.33. The van der Waals surface area contributed by atoms with Crippen LogP contribution in [0.5, 0.6) is 0 Å². The summed E-state index contributed by atoms with van der Waals surface area (Å²) in [5.74, 6) is 1.46. The molecule has 2 N–H and O–H groups in total. The van der Waals surface area contributed by atoms with Gasteiger partial charge in [-0.15, -0.1) is 5.10 Å². The molecule has 96 valence electrons. The Bertz CT molecular complexity index is 545. The summed E-state index contributed by atoms with van der Waals surface area (Å²) in [5, 5.41) is 10.7. The zero-order valence-corrected chi connectivity index (χ0v) is 10.4. The van der Waals surface area contributed by atoms with Gasteiger partial charge in [-0.2, -0.15) is 0 Å². The van der Waals surface area contributed by atoms with Crippen LogP contribution in [0.3, 0.4) is 0 Å². The van der Waals surface area contributed by atoms with Crippen LogP contribution in [0.1, 0.15) is 25.6 Å². The van der Waals surface area contributed by atoms with Crippen molar-refractivity contribution in [2.45, 2.75) is 26.3 Å². The molecule has 0 saturated heterocycles. The summed E-state index contributed by atoms with van der Waals surface area (Å²) in [6.07, 6.45) is 3.41. The number of nitrogens with zero attached hydrogens (tertiary/aromatic N) is 4. The molecule has 18 heavy (non-hydrogen) atoms. The number of H-pyrrole nitrogens is 1. The molecule has 2 heterocycles. The maximum absolute atomic E-state index is 11.4. The molecule has 2 aromatic heterocycles. The minimum absolute atomic E-state index is 0.142. The SMILES string of the molecule is CC(C)c1nc(NCCn2ccnn2)cc(=O)[nH]1. The van der Waals surface area contributed by atoms with E-state index in [1.807, 2.05) is 13.8 Å². The first-order valence-corrected chi connectivity index (χ1v) is 5.84. The van der Waals surface area contributed by atoms with Crippen LogP contribution in [-0.2, 0) is 6.54 Å². The smallest absolute Gasteiger partial charge is 0.252 e. The van der Waals surface area contributed by atoms with Gasteiger partial charge in [-0.1, -0.05) is 19.1 Å². The van der Waals surface area contributed by atoms with Gasteiger partial charge in [-0.05, 0) is 0 Å². The Kier molecular flexibility index (Phi) is 3.71. The molecule has 0 spiro atoms. The Morgan fingerprint density at radius 2 is 2.33 bits per heavy atom. The van der Waals surface area contributed by atoms with Gasteiger partial charge >= 0.3 is 0 Å². The van der Waals surface area contributed by atoms with Crippen LogP contribution in [0, 0.1) is 0 Å². The number of rotatable bonds is 5. The van der Waals surface area contributed by atoms with Gasteiger partial charge in [-0.25, -0.2) is 4.98 Å². The lowest BCUT2D eigenvalue weighted by Crippen LogP contribution is -2.17. The van der Waals surface area contributed by atoms with Crippen LogP contribution < -0.4 is 10.9 Å². The van der Waals surface area contributed by atoms with E-state index in [0.717, 1.165) is 0 Å². The van der Waals surface area contributed by atoms with Gasteiger partial charge in [0.1, 0.15) is 11.6 Å². The summed E-state index contributed by atoms with van der Waals surface area (Å²) in [6, 6.07) is 1.45. The summed E-state index contributed by atoms with van der Waals surface area (Å²) in [5.41, 5.74) is -0.142. The molecular weight excluding hydrogens is 232 g/mol. The molecule has 0 aliphatic carbocycles. The predicted octanol–water partition coefficient (Wildman–Crippen LogP) is 0.597.